The number of para-hydroxylation sites is 2. The quantitative estimate of drug-likeness (QED) is 0.334. The second-order valence-electron chi connectivity index (χ2n) is 9.36. The van der Waals surface area contributed by atoms with Crippen LogP contribution in [-0.4, -0.2) is 60.5 Å². The van der Waals surface area contributed by atoms with Gasteiger partial charge in [-0.2, -0.15) is 0 Å². The number of ketones is 1. The SMILES string of the molecule is COc1ccccc1CCNc1nc(CN2CCN(c3ccc(C(C)=O)cc3)CC2)nc2ccccc12. The lowest BCUT2D eigenvalue weighted by Gasteiger charge is -2.35. The zero-order valence-electron chi connectivity index (χ0n) is 21.5. The minimum absolute atomic E-state index is 0.0976. The molecular formula is C30H33N5O2. The summed E-state index contributed by atoms with van der Waals surface area (Å²) in [6, 6.07) is 24.2. The van der Waals surface area contributed by atoms with E-state index in [1.54, 1.807) is 14.0 Å². The average molecular weight is 496 g/mol. The van der Waals surface area contributed by atoms with Crippen molar-refractivity contribution in [2.24, 2.45) is 0 Å². The van der Waals surface area contributed by atoms with Crippen LogP contribution in [-0.2, 0) is 13.0 Å². The van der Waals surface area contributed by atoms with Crippen molar-refractivity contribution in [3.63, 3.8) is 0 Å². The predicted molar refractivity (Wildman–Crippen MR) is 149 cm³/mol. The monoisotopic (exact) mass is 495 g/mol. The highest BCUT2D eigenvalue weighted by molar-refractivity contribution is 5.94. The van der Waals surface area contributed by atoms with Crippen molar-refractivity contribution in [2.75, 3.05) is 50.1 Å². The fourth-order valence-corrected chi connectivity index (χ4v) is 4.83. The Kier molecular flexibility index (Phi) is 7.61. The van der Waals surface area contributed by atoms with Crippen LogP contribution in [0.2, 0.25) is 0 Å². The van der Waals surface area contributed by atoms with Gasteiger partial charge in [0.2, 0.25) is 0 Å². The molecule has 0 amide bonds. The Labute approximate surface area is 218 Å². The van der Waals surface area contributed by atoms with Crippen LogP contribution in [0.4, 0.5) is 11.5 Å². The van der Waals surface area contributed by atoms with Gasteiger partial charge in [0, 0.05) is 49.4 Å². The molecule has 0 bridgehead atoms. The maximum Gasteiger partial charge on any atom is 0.159 e. The molecule has 1 aromatic heterocycles. The van der Waals surface area contributed by atoms with Gasteiger partial charge in [-0.15, -0.1) is 0 Å². The molecule has 0 atom stereocenters. The number of ether oxygens (including phenoxy) is 1. The molecule has 37 heavy (non-hydrogen) atoms. The summed E-state index contributed by atoms with van der Waals surface area (Å²) in [5.74, 6) is 2.71. The van der Waals surface area contributed by atoms with Gasteiger partial charge in [-0.05, 0) is 61.4 Å². The van der Waals surface area contributed by atoms with Gasteiger partial charge in [-0.1, -0.05) is 30.3 Å². The molecule has 7 nitrogen and oxygen atoms in total. The van der Waals surface area contributed by atoms with E-state index in [-0.39, 0.29) is 5.78 Å². The first-order valence-electron chi connectivity index (χ1n) is 12.8. The van der Waals surface area contributed by atoms with Crippen molar-refractivity contribution in [3.05, 3.63) is 89.7 Å². The number of nitrogens with one attached hydrogen (secondary N) is 1. The number of rotatable bonds is 9. The minimum atomic E-state index is 0.0976. The van der Waals surface area contributed by atoms with Gasteiger partial charge < -0.3 is 15.0 Å². The molecule has 3 aromatic carbocycles. The number of carbonyl (C=O) groups is 1. The number of anilines is 2. The van der Waals surface area contributed by atoms with Crippen molar-refractivity contribution in [2.45, 2.75) is 19.9 Å². The highest BCUT2D eigenvalue weighted by atomic mass is 16.5. The number of methoxy groups -OCH3 is 1. The number of benzene rings is 3. The van der Waals surface area contributed by atoms with E-state index in [0.29, 0.717) is 6.54 Å². The third kappa shape index (κ3) is 5.89. The molecule has 1 aliphatic rings. The fraction of sp³-hybridized carbons (Fsp3) is 0.300. The van der Waals surface area contributed by atoms with Crippen LogP contribution in [0.15, 0.2) is 72.8 Å². The van der Waals surface area contributed by atoms with E-state index < -0.39 is 0 Å². The number of aromatic nitrogens is 2. The highest BCUT2D eigenvalue weighted by Gasteiger charge is 2.19. The average Bonchev–Trinajstić information content (AvgIpc) is 2.94. The lowest BCUT2D eigenvalue weighted by molar-refractivity contribution is 0.101. The van der Waals surface area contributed by atoms with Crippen LogP contribution in [0.5, 0.6) is 5.75 Å². The lowest BCUT2D eigenvalue weighted by atomic mass is 10.1. The largest absolute Gasteiger partial charge is 0.496 e. The number of Topliss-reactive ketones (excluding diaryl/α,β-unsaturated/α-hetero) is 1. The standard InChI is InChI=1S/C30H33N5O2/c1-22(36)23-11-13-25(14-12-23)35-19-17-34(18-20-35)21-29-32-27-9-5-4-8-26(27)30(33-29)31-16-15-24-7-3-6-10-28(24)37-2/h3-14H,15-21H2,1-2H3,(H,31,32,33). The smallest absolute Gasteiger partial charge is 0.159 e. The van der Waals surface area contributed by atoms with Crippen molar-refractivity contribution < 1.29 is 9.53 Å². The van der Waals surface area contributed by atoms with Crippen molar-refractivity contribution in [3.8, 4) is 5.75 Å². The maximum absolute atomic E-state index is 11.6. The van der Waals surface area contributed by atoms with Gasteiger partial charge in [0.15, 0.2) is 5.78 Å². The number of hydrogen-bond donors (Lipinski definition) is 1. The molecule has 2 heterocycles. The molecule has 0 unspecified atom stereocenters. The summed E-state index contributed by atoms with van der Waals surface area (Å²) in [7, 11) is 1.71. The molecular weight excluding hydrogens is 462 g/mol. The fourth-order valence-electron chi connectivity index (χ4n) is 4.83. The van der Waals surface area contributed by atoms with Crippen molar-refractivity contribution in [1.29, 1.82) is 0 Å². The molecule has 4 aromatic rings. The second kappa shape index (κ2) is 11.4. The van der Waals surface area contributed by atoms with E-state index in [9.17, 15) is 4.79 Å². The molecule has 1 aliphatic heterocycles. The van der Waals surface area contributed by atoms with Gasteiger partial charge in [0.05, 0.1) is 19.2 Å². The zero-order valence-corrected chi connectivity index (χ0v) is 21.5. The van der Waals surface area contributed by atoms with Gasteiger partial charge in [-0.25, -0.2) is 9.97 Å². The minimum Gasteiger partial charge on any atom is -0.496 e. The highest BCUT2D eigenvalue weighted by Crippen LogP contribution is 2.23. The van der Waals surface area contributed by atoms with Gasteiger partial charge in [0.25, 0.3) is 0 Å². The number of nitrogens with zero attached hydrogens (tertiary/aromatic N) is 4. The molecule has 0 saturated carbocycles. The first-order valence-corrected chi connectivity index (χ1v) is 12.8. The molecule has 0 aliphatic carbocycles. The molecule has 190 valence electrons. The molecule has 0 spiro atoms. The van der Waals surface area contributed by atoms with Crippen molar-refractivity contribution in [1.82, 2.24) is 14.9 Å². The molecule has 0 radical (unpaired) electrons. The lowest BCUT2D eigenvalue weighted by Crippen LogP contribution is -2.46. The number of piperazine rings is 1. The van der Waals surface area contributed by atoms with E-state index >= 15 is 0 Å². The summed E-state index contributed by atoms with van der Waals surface area (Å²) >= 11 is 0. The Balaban J connectivity index is 1.24. The first kappa shape index (κ1) is 24.7. The van der Waals surface area contributed by atoms with Gasteiger partial charge in [-0.3, -0.25) is 9.69 Å². The molecule has 5 rings (SSSR count). The van der Waals surface area contributed by atoms with Gasteiger partial charge in [0.1, 0.15) is 17.4 Å². The summed E-state index contributed by atoms with van der Waals surface area (Å²) in [6.45, 7) is 6.78. The second-order valence-corrected chi connectivity index (χ2v) is 9.36. The maximum atomic E-state index is 11.6. The third-order valence-corrected chi connectivity index (χ3v) is 6.91. The third-order valence-electron chi connectivity index (χ3n) is 6.91. The molecule has 1 saturated heterocycles. The summed E-state index contributed by atoms with van der Waals surface area (Å²) in [6.07, 6.45) is 0.840. The van der Waals surface area contributed by atoms with Crippen LogP contribution in [0.3, 0.4) is 0 Å². The van der Waals surface area contributed by atoms with E-state index in [1.807, 2.05) is 54.6 Å². The van der Waals surface area contributed by atoms with Crippen LogP contribution >= 0.6 is 0 Å². The number of fused-ring (bicyclic) bond motifs is 1. The van der Waals surface area contributed by atoms with E-state index in [0.717, 1.165) is 78.7 Å². The van der Waals surface area contributed by atoms with Gasteiger partial charge >= 0.3 is 0 Å². The topological polar surface area (TPSA) is 70.6 Å². The Morgan fingerprint density at radius 1 is 0.919 bits per heavy atom. The Bertz CT molecular complexity index is 1360. The van der Waals surface area contributed by atoms with E-state index in [1.165, 1.54) is 5.56 Å². The summed E-state index contributed by atoms with van der Waals surface area (Å²) in [4.78, 5) is 26.1. The Morgan fingerprint density at radius 3 is 2.41 bits per heavy atom. The van der Waals surface area contributed by atoms with Crippen LogP contribution in [0, 0.1) is 0 Å². The summed E-state index contributed by atoms with van der Waals surface area (Å²) < 4.78 is 5.50. The first-order chi connectivity index (χ1) is 18.1. The number of carbonyl (C=O) groups excluding carboxylic acids is 1. The van der Waals surface area contributed by atoms with E-state index in [2.05, 4.69) is 33.3 Å². The van der Waals surface area contributed by atoms with Crippen molar-refractivity contribution >= 4 is 28.2 Å². The normalized spacial score (nSPS) is 14.1. The summed E-state index contributed by atoms with van der Waals surface area (Å²) in [5.41, 5.74) is 4.04. The van der Waals surface area contributed by atoms with Crippen LogP contribution in [0.25, 0.3) is 10.9 Å². The van der Waals surface area contributed by atoms with E-state index in [4.69, 9.17) is 14.7 Å². The molecule has 1 fully saturated rings. The summed E-state index contributed by atoms with van der Waals surface area (Å²) in [5, 5.41) is 4.58. The predicted octanol–water partition coefficient (Wildman–Crippen LogP) is 4.82. The zero-order chi connectivity index (χ0) is 25.6. The molecule has 1 N–H and O–H groups in total. The van der Waals surface area contributed by atoms with Crippen LogP contribution < -0.4 is 15.0 Å². The Hall–Kier alpha value is -3.97. The Morgan fingerprint density at radius 2 is 1.65 bits per heavy atom. The number of hydrogen-bond acceptors (Lipinski definition) is 7. The molecule has 7 heteroatoms. The van der Waals surface area contributed by atoms with Crippen LogP contribution in [0.1, 0.15) is 28.7 Å².